The molecule has 0 aliphatic heterocycles. The first kappa shape index (κ1) is 15.7. The van der Waals surface area contributed by atoms with Crippen molar-refractivity contribution >= 4 is 23.0 Å². The van der Waals surface area contributed by atoms with Crippen LogP contribution in [-0.4, -0.2) is 24.5 Å². The normalized spacial score (nSPS) is 10.1. The number of nitrogen functional groups attached to an aromatic ring is 1. The summed E-state index contributed by atoms with van der Waals surface area (Å²) in [6, 6.07) is 4.64. The van der Waals surface area contributed by atoms with Crippen molar-refractivity contribution in [1.82, 2.24) is 0 Å². The van der Waals surface area contributed by atoms with Gasteiger partial charge in [0.2, 0.25) is 0 Å². The number of anilines is 2. The standard InChI is InChI=1S/C13H19N3O4/c1-20-13(17)5-3-2-4-8-15-10-6-7-11(14)12(9-10)16(18)19/h6-7,9,15H,2-5,8,14H2,1H3. The van der Waals surface area contributed by atoms with E-state index in [4.69, 9.17) is 5.73 Å². The van der Waals surface area contributed by atoms with Gasteiger partial charge in [-0.15, -0.1) is 0 Å². The van der Waals surface area contributed by atoms with Gasteiger partial charge in [0.05, 0.1) is 12.0 Å². The van der Waals surface area contributed by atoms with Crippen LogP contribution in [0.4, 0.5) is 17.1 Å². The van der Waals surface area contributed by atoms with Crippen molar-refractivity contribution in [2.75, 3.05) is 24.7 Å². The summed E-state index contributed by atoms with van der Waals surface area (Å²) in [7, 11) is 1.37. The highest BCUT2D eigenvalue weighted by atomic mass is 16.6. The van der Waals surface area contributed by atoms with Gasteiger partial charge in [-0.2, -0.15) is 0 Å². The Kier molecular flexibility index (Phi) is 6.28. The van der Waals surface area contributed by atoms with Gasteiger partial charge in [-0.3, -0.25) is 14.9 Å². The number of nitrogens with two attached hydrogens (primary N) is 1. The number of carbonyl (C=O) groups excluding carboxylic acids is 1. The SMILES string of the molecule is COC(=O)CCCCCNc1ccc(N)c([N+](=O)[O-])c1. The summed E-state index contributed by atoms with van der Waals surface area (Å²) in [5.74, 6) is -0.202. The van der Waals surface area contributed by atoms with Crippen molar-refractivity contribution in [2.24, 2.45) is 0 Å². The maximum Gasteiger partial charge on any atom is 0.305 e. The number of nitrogens with zero attached hydrogens (tertiary/aromatic N) is 1. The molecule has 0 aromatic heterocycles. The van der Waals surface area contributed by atoms with E-state index in [1.165, 1.54) is 19.2 Å². The Labute approximate surface area is 117 Å². The third-order valence-corrected chi connectivity index (χ3v) is 2.84. The van der Waals surface area contributed by atoms with Gasteiger partial charge < -0.3 is 15.8 Å². The van der Waals surface area contributed by atoms with E-state index in [1.807, 2.05) is 0 Å². The molecular formula is C13H19N3O4. The van der Waals surface area contributed by atoms with Crippen molar-refractivity contribution in [3.63, 3.8) is 0 Å². The summed E-state index contributed by atoms with van der Waals surface area (Å²) >= 11 is 0. The number of methoxy groups -OCH3 is 1. The van der Waals surface area contributed by atoms with E-state index in [2.05, 4.69) is 10.1 Å². The molecule has 0 bridgehead atoms. The molecule has 0 aliphatic carbocycles. The lowest BCUT2D eigenvalue weighted by Crippen LogP contribution is -2.04. The van der Waals surface area contributed by atoms with Gasteiger partial charge in [0, 0.05) is 24.7 Å². The summed E-state index contributed by atoms with van der Waals surface area (Å²) < 4.78 is 4.54. The Hall–Kier alpha value is -2.31. The van der Waals surface area contributed by atoms with E-state index in [-0.39, 0.29) is 17.3 Å². The third kappa shape index (κ3) is 5.13. The number of nitrogens with one attached hydrogen (secondary N) is 1. The first-order chi connectivity index (χ1) is 9.54. The predicted molar refractivity (Wildman–Crippen MR) is 76.5 cm³/mol. The molecule has 20 heavy (non-hydrogen) atoms. The average Bonchev–Trinajstić information content (AvgIpc) is 2.43. The molecule has 0 heterocycles. The van der Waals surface area contributed by atoms with Crippen LogP contribution in [0.3, 0.4) is 0 Å². The highest BCUT2D eigenvalue weighted by Crippen LogP contribution is 2.24. The number of benzene rings is 1. The topological polar surface area (TPSA) is 107 Å². The number of nitro benzene ring substituents is 1. The lowest BCUT2D eigenvalue weighted by atomic mass is 10.2. The summed E-state index contributed by atoms with van der Waals surface area (Å²) in [6.07, 6.45) is 2.95. The number of unbranched alkanes of at least 4 members (excludes halogenated alkanes) is 2. The molecule has 1 aromatic rings. The zero-order valence-electron chi connectivity index (χ0n) is 11.4. The van der Waals surface area contributed by atoms with E-state index in [1.54, 1.807) is 6.07 Å². The largest absolute Gasteiger partial charge is 0.469 e. The number of ether oxygens (including phenoxy) is 1. The number of rotatable bonds is 8. The molecule has 0 atom stereocenters. The quantitative estimate of drug-likeness (QED) is 0.249. The molecule has 1 aromatic carbocycles. The van der Waals surface area contributed by atoms with Crippen molar-refractivity contribution in [3.8, 4) is 0 Å². The monoisotopic (exact) mass is 281 g/mol. The minimum atomic E-state index is -0.503. The Balaban J connectivity index is 2.30. The molecule has 0 unspecified atom stereocenters. The lowest BCUT2D eigenvalue weighted by Gasteiger charge is -2.07. The van der Waals surface area contributed by atoms with Crippen LogP contribution in [0.1, 0.15) is 25.7 Å². The Bertz CT molecular complexity index is 477. The molecule has 0 saturated carbocycles. The van der Waals surface area contributed by atoms with Crippen molar-refractivity contribution in [3.05, 3.63) is 28.3 Å². The molecule has 110 valence electrons. The summed E-state index contributed by atoms with van der Waals surface area (Å²) in [4.78, 5) is 21.1. The maximum atomic E-state index is 10.9. The Morgan fingerprint density at radius 1 is 1.40 bits per heavy atom. The predicted octanol–water partition coefficient (Wildman–Crippen LogP) is 2.32. The van der Waals surface area contributed by atoms with E-state index in [0.29, 0.717) is 18.7 Å². The number of hydrogen-bond donors (Lipinski definition) is 2. The number of hydrogen-bond acceptors (Lipinski definition) is 6. The highest BCUT2D eigenvalue weighted by molar-refractivity contribution is 5.69. The molecule has 0 radical (unpaired) electrons. The number of nitro groups is 1. The molecule has 7 nitrogen and oxygen atoms in total. The van der Waals surface area contributed by atoms with Gasteiger partial charge in [-0.05, 0) is 25.0 Å². The van der Waals surface area contributed by atoms with E-state index >= 15 is 0 Å². The minimum Gasteiger partial charge on any atom is -0.469 e. The van der Waals surface area contributed by atoms with Crippen LogP contribution in [0.15, 0.2) is 18.2 Å². The second-order valence-corrected chi connectivity index (χ2v) is 4.34. The fourth-order valence-corrected chi connectivity index (χ4v) is 1.72. The maximum absolute atomic E-state index is 10.9. The fraction of sp³-hybridized carbons (Fsp3) is 0.462. The third-order valence-electron chi connectivity index (χ3n) is 2.84. The molecule has 0 aliphatic rings. The van der Waals surface area contributed by atoms with E-state index in [9.17, 15) is 14.9 Å². The molecular weight excluding hydrogens is 262 g/mol. The zero-order chi connectivity index (χ0) is 15.0. The van der Waals surface area contributed by atoms with Gasteiger partial charge in [0.1, 0.15) is 5.69 Å². The Morgan fingerprint density at radius 2 is 2.15 bits per heavy atom. The second-order valence-electron chi connectivity index (χ2n) is 4.34. The summed E-state index contributed by atoms with van der Waals surface area (Å²) in [6.45, 7) is 0.683. The highest BCUT2D eigenvalue weighted by Gasteiger charge is 2.11. The molecule has 3 N–H and O–H groups in total. The van der Waals surface area contributed by atoms with Crippen LogP contribution in [-0.2, 0) is 9.53 Å². The van der Waals surface area contributed by atoms with E-state index < -0.39 is 4.92 Å². The van der Waals surface area contributed by atoms with Crippen LogP contribution in [0, 0.1) is 10.1 Å². The fourth-order valence-electron chi connectivity index (χ4n) is 1.72. The van der Waals surface area contributed by atoms with Crippen LogP contribution >= 0.6 is 0 Å². The minimum absolute atomic E-state index is 0.0966. The second kappa shape index (κ2) is 7.98. The average molecular weight is 281 g/mol. The van der Waals surface area contributed by atoms with Gasteiger partial charge >= 0.3 is 5.97 Å². The van der Waals surface area contributed by atoms with Crippen LogP contribution < -0.4 is 11.1 Å². The van der Waals surface area contributed by atoms with Gasteiger partial charge in [-0.1, -0.05) is 6.42 Å². The summed E-state index contributed by atoms with van der Waals surface area (Å²) in [5.41, 5.74) is 6.23. The van der Waals surface area contributed by atoms with Crippen molar-refractivity contribution in [1.29, 1.82) is 0 Å². The van der Waals surface area contributed by atoms with E-state index in [0.717, 1.165) is 19.3 Å². The molecule has 1 rings (SSSR count). The number of esters is 1. The molecule has 0 spiro atoms. The van der Waals surface area contributed by atoms with Crippen LogP contribution in [0.2, 0.25) is 0 Å². The van der Waals surface area contributed by atoms with Crippen LogP contribution in [0.5, 0.6) is 0 Å². The van der Waals surface area contributed by atoms with Gasteiger partial charge in [-0.25, -0.2) is 0 Å². The molecule has 0 fully saturated rings. The summed E-state index contributed by atoms with van der Waals surface area (Å²) in [5, 5.41) is 13.8. The first-order valence-corrected chi connectivity index (χ1v) is 6.39. The van der Waals surface area contributed by atoms with Crippen LogP contribution in [0.25, 0.3) is 0 Å². The van der Waals surface area contributed by atoms with Gasteiger partial charge in [0.15, 0.2) is 0 Å². The van der Waals surface area contributed by atoms with Gasteiger partial charge in [0.25, 0.3) is 5.69 Å². The molecule has 0 saturated heterocycles. The van der Waals surface area contributed by atoms with Crippen molar-refractivity contribution in [2.45, 2.75) is 25.7 Å². The lowest BCUT2D eigenvalue weighted by molar-refractivity contribution is -0.383. The number of carbonyl (C=O) groups is 1. The smallest absolute Gasteiger partial charge is 0.305 e. The van der Waals surface area contributed by atoms with Crippen molar-refractivity contribution < 1.29 is 14.5 Å². The first-order valence-electron chi connectivity index (χ1n) is 6.39. The molecule has 0 amide bonds. The Morgan fingerprint density at radius 3 is 2.80 bits per heavy atom. The molecule has 7 heteroatoms. The zero-order valence-corrected chi connectivity index (χ0v) is 11.4.